The molecule has 4 heteroatoms. The van der Waals surface area contributed by atoms with Crippen LogP contribution in [-0.2, 0) is 4.79 Å². The summed E-state index contributed by atoms with van der Waals surface area (Å²) in [4.78, 5) is 10.7. The molecular formula is C4H9AlN2O. The highest BCUT2D eigenvalue weighted by molar-refractivity contribution is 6.14. The zero-order valence-corrected chi connectivity index (χ0v) is 6.98. The molecule has 1 rings (SSSR count). The molecule has 1 aliphatic rings. The molecule has 1 N–H and O–H groups in total. The Bertz CT molecular complexity index is 106. The fourth-order valence-corrected chi connectivity index (χ4v) is 1.08. The highest BCUT2D eigenvalue weighted by atomic mass is 27.1. The van der Waals surface area contributed by atoms with Crippen molar-refractivity contribution < 1.29 is 4.79 Å². The molecule has 1 fully saturated rings. The van der Waals surface area contributed by atoms with Crippen LogP contribution in [0.4, 0.5) is 0 Å². The van der Waals surface area contributed by atoms with Gasteiger partial charge in [0, 0.05) is 13.1 Å². The van der Waals surface area contributed by atoms with E-state index in [0.29, 0.717) is 6.54 Å². The van der Waals surface area contributed by atoms with Crippen LogP contribution in [0.1, 0.15) is 0 Å². The van der Waals surface area contributed by atoms with E-state index in [1.165, 1.54) is 0 Å². The Morgan fingerprint density at radius 2 is 2.50 bits per heavy atom. The van der Waals surface area contributed by atoms with E-state index >= 15 is 0 Å². The van der Waals surface area contributed by atoms with Gasteiger partial charge in [-0.25, -0.2) is 0 Å². The number of hydrogen-bond donors (Lipinski definition) is 1. The number of rotatable bonds is 0. The highest BCUT2D eigenvalue weighted by Crippen LogP contribution is 1.85. The molecule has 0 aliphatic carbocycles. The Morgan fingerprint density at radius 1 is 1.75 bits per heavy atom. The van der Waals surface area contributed by atoms with Crippen LogP contribution in [0.2, 0.25) is 0 Å². The topological polar surface area (TPSA) is 32.3 Å². The zero-order valence-electron chi connectivity index (χ0n) is 4.98. The molecule has 0 saturated carbocycles. The summed E-state index contributed by atoms with van der Waals surface area (Å²) >= 11 is 0.878. The lowest BCUT2D eigenvalue weighted by Gasteiger charge is -2.24. The van der Waals surface area contributed by atoms with Gasteiger partial charge in [0.15, 0.2) is 0 Å². The van der Waals surface area contributed by atoms with Gasteiger partial charge in [-0.1, -0.05) is 0 Å². The first-order chi connectivity index (χ1) is 3.80. The molecule has 44 valence electrons. The van der Waals surface area contributed by atoms with E-state index in [1.54, 1.807) is 0 Å². The molecule has 1 heterocycles. The van der Waals surface area contributed by atoms with Crippen LogP contribution in [0, 0.1) is 0 Å². The van der Waals surface area contributed by atoms with Gasteiger partial charge in [-0.15, -0.1) is 0 Å². The minimum absolute atomic E-state index is 0.253. The highest BCUT2D eigenvalue weighted by Gasteiger charge is 2.10. The minimum Gasteiger partial charge on any atom is -0.438 e. The zero-order chi connectivity index (χ0) is 5.98. The van der Waals surface area contributed by atoms with Crippen LogP contribution >= 0.6 is 0 Å². The number of nitrogens with one attached hydrogen (secondary N) is 1. The van der Waals surface area contributed by atoms with E-state index in [1.807, 2.05) is 3.88 Å². The van der Waals surface area contributed by atoms with Crippen molar-refractivity contribution in [2.75, 3.05) is 19.6 Å². The van der Waals surface area contributed by atoms with Crippen molar-refractivity contribution in [2.24, 2.45) is 0 Å². The second-order valence-corrected chi connectivity index (χ2v) is 3.07. The standard InChI is InChI=1S/C4H8N2O.Al.2H/c7-4-3-5-1-2-6-4;;;/h5H,1-3H2,(H,6,7);;;/q;+1;;/p-1. The average molecular weight is 128 g/mol. The van der Waals surface area contributed by atoms with Gasteiger partial charge in [-0.05, 0) is 0 Å². The molecular weight excluding hydrogens is 119 g/mol. The molecule has 3 nitrogen and oxygen atoms in total. The summed E-state index contributed by atoms with van der Waals surface area (Å²) in [5.74, 6) is 0.253. The predicted molar refractivity (Wildman–Crippen MR) is 33.1 cm³/mol. The van der Waals surface area contributed by atoms with E-state index in [0.717, 1.165) is 29.6 Å². The maximum atomic E-state index is 10.7. The molecule has 0 radical (unpaired) electrons. The van der Waals surface area contributed by atoms with E-state index in [2.05, 4.69) is 5.32 Å². The maximum Gasteiger partial charge on any atom is 0.367 e. The Kier molecular flexibility index (Phi) is 1.90. The molecule has 1 saturated heterocycles. The number of amides is 1. The summed E-state index contributed by atoms with van der Waals surface area (Å²) in [7, 11) is 0. The van der Waals surface area contributed by atoms with Gasteiger partial charge in [0.25, 0.3) is 0 Å². The Morgan fingerprint density at radius 3 is 2.88 bits per heavy atom. The molecule has 0 atom stereocenters. The summed E-state index contributed by atoms with van der Waals surface area (Å²) < 4.78 is 1.87. The Balaban J connectivity index is 2.39. The van der Waals surface area contributed by atoms with E-state index in [4.69, 9.17) is 0 Å². The lowest BCUT2D eigenvalue weighted by Crippen LogP contribution is -2.46. The van der Waals surface area contributed by atoms with E-state index < -0.39 is 0 Å². The van der Waals surface area contributed by atoms with Crippen LogP contribution in [0.15, 0.2) is 0 Å². The molecule has 0 aromatic rings. The van der Waals surface area contributed by atoms with Gasteiger partial charge in [-0.3, -0.25) is 4.79 Å². The number of carbonyl (C=O) groups is 1. The summed E-state index contributed by atoms with van der Waals surface area (Å²) in [6, 6.07) is 0. The van der Waals surface area contributed by atoms with Crippen molar-refractivity contribution in [1.29, 1.82) is 0 Å². The largest absolute Gasteiger partial charge is 0.438 e. The normalized spacial score (nSPS) is 21.5. The quantitative estimate of drug-likeness (QED) is 0.381. The molecule has 0 bridgehead atoms. The Labute approximate surface area is 56.7 Å². The van der Waals surface area contributed by atoms with Crippen LogP contribution < -0.4 is 5.32 Å². The summed E-state index contributed by atoms with van der Waals surface area (Å²) in [6.07, 6.45) is 0. The molecule has 0 unspecified atom stereocenters. The lowest BCUT2D eigenvalue weighted by molar-refractivity contribution is -0.126. The van der Waals surface area contributed by atoms with E-state index in [9.17, 15) is 4.79 Å². The van der Waals surface area contributed by atoms with Crippen LogP contribution in [0.25, 0.3) is 0 Å². The van der Waals surface area contributed by atoms with Gasteiger partial charge in [-0.2, -0.15) is 0 Å². The average Bonchev–Trinajstić information content (AvgIpc) is 1.77. The molecule has 1 amide bonds. The van der Waals surface area contributed by atoms with Crippen LogP contribution in [0.3, 0.4) is 0 Å². The second-order valence-electron chi connectivity index (χ2n) is 1.99. The fourth-order valence-electron chi connectivity index (χ4n) is 0.702. The van der Waals surface area contributed by atoms with E-state index in [-0.39, 0.29) is 5.91 Å². The number of piperazine rings is 1. The first kappa shape index (κ1) is 6.09. The van der Waals surface area contributed by atoms with Crippen molar-refractivity contribution in [3.63, 3.8) is 0 Å². The first-order valence-electron chi connectivity index (χ1n) is 2.75. The lowest BCUT2D eigenvalue weighted by atomic mass is 10.4. The third kappa shape index (κ3) is 1.22. The van der Waals surface area contributed by atoms with Gasteiger partial charge in [0.1, 0.15) is 0 Å². The van der Waals surface area contributed by atoms with Gasteiger partial charge >= 0.3 is 16.5 Å². The molecule has 0 spiro atoms. The predicted octanol–water partition coefficient (Wildman–Crippen LogP) is -2.03. The maximum absolute atomic E-state index is 10.7. The molecule has 8 heavy (non-hydrogen) atoms. The summed E-state index contributed by atoms with van der Waals surface area (Å²) in [5.41, 5.74) is 0. The van der Waals surface area contributed by atoms with Crippen LogP contribution in [0.5, 0.6) is 0 Å². The Hall–Kier alpha value is -0.0375. The first-order valence-corrected chi connectivity index (χ1v) is 3.65. The smallest absolute Gasteiger partial charge is 0.367 e. The van der Waals surface area contributed by atoms with Crippen molar-refractivity contribution in [3.05, 3.63) is 0 Å². The fraction of sp³-hybridized carbons (Fsp3) is 0.750. The van der Waals surface area contributed by atoms with Crippen LogP contribution in [-0.4, -0.2) is 45.9 Å². The van der Waals surface area contributed by atoms with Gasteiger partial charge in [0.05, 0.1) is 6.54 Å². The number of hydrogen-bond acceptors (Lipinski definition) is 2. The van der Waals surface area contributed by atoms with Gasteiger partial charge in [0.2, 0.25) is 5.91 Å². The van der Waals surface area contributed by atoms with Crippen molar-refractivity contribution >= 4 is 22.4 Å². The molecule has 1 aliphatic heterocycles. The minimum atomic E-state index is 0.253. The van der Waals surface area contributed by atoms with Crippen molar-refractivity contribution in [3.8, 4) is 0 Å². The summed E-state index contributed by atoms with van der Waals surface area (Å²) in [6.45, 7) is 2.42. The number of nitrogens with zero attached hydrogens (tertiary/aromatic N) is 1. The SMILES string of the molecule is O=C1CNCC[N]1[AlH2]. The molecule has 0 aromatic carbocycles. The number of carbonyl (C=O) groups excluding carboxylic acids is 1. The summed E-state index contributed by atoms with van der Waals surface area (Å²) in [5, 5.41) is 3.00. The molecule has 0 aromatic heterocycles. The second kappa shape index (κ2) is 2.49. The monoisotopic (exact) mass is 128 g/mol. The van der Waals surface area contributed by atoms with Gasteiger partial charge < -0.3 is 9.20 Å². The van der Waals surface area contributed by atoms with Crippen molar-refractivity contribution in [1.82, 2.24) is 9.20 Å². The third-order valence-corrected chi connectivity index (χ3v) is 2.27. The van der Waals surface area contributed by atoms with Crippen molar-refractivity contribution in [2.45, 2.75) is 0 Å². The third-order valence-electron chi connectivity index (χ3n) is 1.33.